The largest absolute Gasteiger partial charge is 0.365 e. The Balaban J connectivity index is 0.000000162. The van der Waals surface area contributed by atoms with Crippen molar-refractivity contribution in [3.05, 3.63) is 18.5 Å². The Morgan fingerprint density at radius 3 is 2.43 bits per heavy atom. The molecule has 3 heteroatoms. The Morgan fingerprint density at radius 2 is 2.29 bits per heavy atom. The maximum absolute atomic E-state index is 8.00. The fourth-order valence-corrected chi connectivity index (χ4v) is 0.176. The van der Waals surface area contributed by atoms with Crippen LogP contribution in [0, 0.1) is 0 Å². The molecule has 0 unspecified atom stereocenters. The van der Waals surface area contributed by atoms with Gasteiger partial charge in [0.15, 0.2) is 0 Å². The molecule has 0 aliphatic heterocycles. The second-order valence-electron chi connectivity index (χ2n) is 0.688. The first kappa shape index (κ1) is 5.88. The third-order valence-electron chi connectivity index (χ3n) is 0.347. The molecule has 38 valence electrons. The summed E-state index contributed by atoms with van der Waals surface area (Å²) in [6, 6.07) is 1.72. The lowest BCUT2D eigenvalue weighted by Gasteiger charge is -1.48. The zero-order chi connectivity index (χ0) is 5.54. The van der Waals surface area contributed by atoms with Crippen molar-refractivity contribution in [3.8, 4) is 0 Å². The minimum Gasteiger partial charge on any atom is -0.365 e. The Morgan fingerprint density at radius 1 is 1.57 bits per heavy atom. The van der Waals surface area contributed by atoms with Gasteiger partial charge in [-0.1, -0.05) is 5.16 Å². The molecular formula is C4H5NO2. The van der Waals surface area contributed by atoms with Crippen LogP contribution >= 0.6 is 0 Å². The van der Waals surface area contributed by atoms with E-state index in [0.29, 0.717) is 0 Å². The maximum Gasteiger partial charge on any atom is 0.123 e. The van der Waals surface area contributed by atoms with Crippen LogP contribution in [-0.4, -0.2) is 11.9 Å². The molecule has 1 heterocycles. The molecular weight excluding hydrogens is 94.0 g/mol. The first-order chi connectivity index (χ1) is 3.50. The lowest BCUT2D eigenvalue weighted by atomic mass is 10.8. The predicted molar refractivity (Wildman–Crippen MR) is 23.6 cm³/mol. The summed E-state index contributed by atoms with van der Waals surface area (Å²) in [6.07, 6.45) is 3.10. The lowest BCUT2D eigenvalue weighted by molar-refractivity contribution is -0.0979. The fourth-order valence-electron chi connectivity index (χ4n) is 0.176. The lowest BCUT2D eigenvalue weighted by Crippen LogP contribution is -1.38. The molecule has 0 saturated heterocycles. The van der Waals surface area contributed by atoms with Crippen LogP contribution in [0.15, 0.2) is 23.0 Å². The first-order valence-corrected chi connectivity index (χ1v) is 1.63. The molecule has 0 aliphatic rings. The van der Waals surface area contributed by atoms with Crippen molar-refractivity contribution < 1.29 is 9.32 Å². The van der Waals surface area contributed by atoms with E-state index in [9.17, 15) is 0 Å². The SMILES string of the molecule is C=O.c1cnoc1. The predicted octanol–water partition coefficient (Wildman–Crippen LogP) is 0.490. The second kappa shape index (κ2) is 4.88. The van der Waals surface area contributed by atoms with Crippen molar-refractivity contribution in [3.63, 3.8) is 0 Å². The van der Waals surface area contributed by atoms with E-state index in [2.05, 4.69) is 9.68 Å². The molecule has 3 nitrogen and oxygen atoms in total. The number of carbonyl (C=O) groups excluding carboxylic acids is 1. The molecule has 0 bridgehead atoms. The van der Waals surface area contributed by atoms with Crippen LogP contribution in [0.4, 0.5) is 0 Å². The highest BCUT2D eigenvalue weighted by Gasteiger charge is 1.60. The fraction of sp³-hybridized carbons (Fsp3) is 0. The van der Waals surface area contributed by atoms with Crippen molar-refractivity contribution in [2.45, 2.75) is 0 Å². The van der Waals surface area contributed by atoms with E-state index in [1.807, 2.05) is 6.79 Å². The molecule has 0 spiro atoms. The zero-order valence-corrected chi connectivity index (χ0v) is 3.70. The Hall–Kier alpha value is -1.12. The second-order valence-corrected chi connectivity index (χ2v) is 0.688. The van der Waals surface area contributed by atoms with Gasteiger partial charge in [-0.05, 0) is 6.07 Å². The van der Waals surface area contributed by atoms with E-state index in [0.717, 1.165) is 0 Å². The summed E-state index contributed by atoms with van der Waals surface area (Å²) in [5.74, 6) is 0. The van der Waals surface area contributed by atoms with Crippen molar-refractivity contribution in [1.29, 1.82) is 0 Å². The summed E-state index contributed by atoms with van der Waals surface area (Å²) in [5, 5.41) is 3.35. The van der Waals surface area contributed by atoms with Gasteiger partial charge in [-0.2, -0.15) is 0 Å². The van der Waals surface area contributed by atoms with Crippen LogP contribution in [-0.2, 0) is 4.79 Å². The summed E-state index contributed by atoms with van der Waals surface area (Å²) in [4.78, 5) is 8.00. The Kier molecular flexibility index (Phi) is 4.10. The summed E-state index contributed by atoms with van der Waals surface area (Å²) >= 11 is 0. The van der Waals surface area contributed by atoms with Gasteiger partial charge in [0.1, 0.15) is 13.1 Å². The molecule has 1 aromatic heterocycles. The molecule has 0 radical (unpaired) electrons. The van der Waals surface area contributed by atoms with E-state index in [1.54, 1.807) is 12.3 Å². The standard InChI is InChI=1S/C3H3NO.CH2O/c1-2-4-5-3-1;1-2/h1-3H;1H2. The van der Waals surface area contributed by atoms with Gasteiger partial charge in [0.2, 0.25) is 0 Å². The highest BCUT2D eigenvalue weighted by atomic mass is 16.5. The van der Waals surface area contributed by atoms with E-state index in [-0.39, 0.29) is 0 Å². The summed E-state index contributed by atoms with van der Waals surface area (Å²) in [5.41, 5.74) is 0. The number of carbonyl (C=O) groups is 1. The molecule has 7 heavy (non-hydrogen) atoms. The van der Waals surface area contributed by atoms with E-state index in [1.165, 1.54) is 6.26 Å². The summed E-state index contributed by atoms with van der Waals surface area (Å²) in [6.45, 7) is 2.00. The van der Waals surface area contributed by atoms with E-state index in [4.69, 9.17) is 4.79 Å². The van der Waals surface area contributed by atoms with Gasteiger partial charge in [-0.15, -0.1) is 0 Å². The van der Waals surface area contributed by atoms with Crippen LogP contribution in [0.1, 0.15) is 0 Å². The van der Waals surface area contributed by atoms with Crippen molar-refractivity contribution in [1.82, 2.24) is 5.16 Å². The molecule has 0 amide bonds. The van der Waals surface area contributed by atoms with Crippen LogP contribution in [0.2, 0.25) is 0 Å². The zero-order valence-electron chi connectivity index (χ0n) is 3.70. The first-order valence-electron chi connectivity index (χ1n) is 1.63. The van der Waals surface area contributed by atoms with Crippen molar-refractivity contribution in [2.75, 3.05) is 0 Å². The molecule has 0 aliphatic carbocycles. The Bertz CT molecular complexity index is 76.6. The number of hydrogen-bond acceptors (Lipinski definition) is 3. The quantitative estimate of drug-likeness (QED) is 0.475. The Labute approximate surface area is 40.9 Å². The van der Waals surface area contributed by atoms with Crippen molar-refractivity contribution >= 4 is 6.79 Å². The van der Waals surface area contributed by atoms with Gasteiger partial charge in [0.05, 0.1) is 6.20 Å². The summed E-state index contributed by atoms with van der Waals surface area (Å²) in [7, 11) is 0. The van der Waals surface area contributed by atoms with Gasteiger partial charge in [0.25, 0.3) is 0 Å². The number of hydrogen-bond donors (Lipinski definition) is 0. The molecule has 0 N–H and O–H groups in total. The molecule has 1 aromatic rings. The van der Waals surface area contributed by atoms with Crippen LogP contribution in [0.25, 0.3) is 0 Å². The third kappa shape index (κ3) is 2.69. The third-order valence-corrected chi connectivity index (χ3v) is 0.347. The molecule has 0 saturated carbocycles. The molecule has 0 fully saturated rings. The molecule has 1 rings (SSSR count). The highest BCUT2D eigenvalue weighted by molar-refractivity contribution is 5.10. The van der Waals surface area contributed by atoms with Gasteiger partial charge in [0, 0.05) is 0 Å². The van der Waals surface area contributed by atoms with Crippen LogP contribution in [0.5, 0.6) is 0 Å². The number of aromatic nitrogens is 1. The van der Waals surface area contributed by atoms with Gasteiger partial charge in [-0.3, -0.25) is 0 Å². The van der Waals surface area contributed by atoms with Crippen LogP contribution < -0.4 is 0 Å². The summed E-state index contributed by atoms with van der Waals surface area (Å²) < 4.78 is 4.33. The molecule has 0 aromatic carbocycles. The normalized spacial score (nSPS) is 6.29. The topological polar surface area (TPSA) is 43.1 Å². The van der Waals surface area contributed by atoms with Gasteiger partial charge < -0.3 is 9.32 Å². The minimum absolute atomic E-state index is 1.51. The maximum atomic E-state index is 8.00. The van der Waals surface area contributed by atoms with Crippen molar-refractivity contribution in [2.24, 2.45) is 0 Å². The monoisotopic (exact) mass is 99.0 g/mol. The van der Waals surface area contributed by atoms with Gasteiger partial charge in [-0.25, -0.2) is 0 Å². The van der Waals surface area contributed by atoms with E-state index < -0.39 is 0 Å². The average molecular weight is 99.1 g/mol. The highest BCUT2D eigenvalue weighted by Crippen LogP contribution is 1.72. The minimum atomic E-state index is 1.51. The number of nitrogens with zero attached hydrogens (tertiary/aromatic N) is 1. The average Bonchev–Trinajstić information content (AvgIpc) is 2.23. The van der Waals surface area contributed by atoms with Gasteiger partial charge >= 0.3 is 0 Å². The molecule has 0 atom stereocenters. The number of rotatable bonds is 0. The van der Waals surface area contributed by atoms with E-state index >= 15 is 0 Å². The van der Waals surface area contributed by atoms with Crippen LogP contribution in [0.3, 0.4) is 0 Å². The smallest absolute Gasteiger partial charge is 0.123 e.